The van der Waals surface area contributed by atoms with Gasteiger partial charge in [0.05, 0.1) is 6.07 Å². The first-order valence-corrected chi connectivity index (χ1v) is 6.38. The minimum Gasteiger partial charge on any atom is -0.339 e. The highest BCUT2D eigenvalue weighted by Gasteiger charge is 2.34. The first-order chi connectivity index (χ1) is 7.01. The molecule has 0 aromatic heterocycles. The Hall–Kier alpha value is -0.690. The molecule has 1 saturated heterocycles. The Kier molecular flexibility index (Phi) is 4.04. The molecule has 3 nitrogen and oxygen atoms in total. The van der Waals surface area contributed by atoms with E-state index in [1.54, 1.807) is 13.8 Å². The van der Waals surface area contributed by atoms with Gasteiger partial charge in [-0.25, -0.2) is 0 Å². The van der Waals surface area contributed by atoms with Gasteiger partial charge in [0.15, 0.2) is 0 Å². The molecule has 1 amide bonds. The summed E-state index contributed by atoms with van der Waals surface area (Å²) in [5, 5.41) is 9.45. The summed E-state index contributed by atoms with van der Waals surface area (Å²) in [5.41, 5.74) is -0.875. The summed E-state index contributed by atoms with van der Waals surface area (Å²) in [6.07, 6.45) is 1.08. The van der Waals surface area contributed by atoms with Gasteiger partial charge in [-0.1, -0.05) is 6.92 Å². The Morgan fingerprint density at radius 1 is 1.67 bits per heavy atom. The topological polar surface area (TPSA) is 44.1 Å². The fraction of sp³-hybridized carbons (Fsp3) is 0.818. The van der Waals surface area contributed by atoms with Gasteiger partial charge in [0.1, 0.15) is 5.41 Å². The molecule has 1 unspecified atom stereocenters. The number of nitrogens with zero attached hydrogens (tertiary/aromatic N) is 2. The van der Waals surface area contributed by atoms with Gasteiger partial charge in [-0.2, -0.15) is 17.0 Å². The number of carbonyl (C=O) groups is 1. The van der Waals surface area contributed by atoms with E-state index in [1.807, 2.05) is 16.7 Å². The number of rotatable bonds is 2. The molecule has 0 radical (unpaired) electrons. The quantitative estimate of drug-likeness (QED) is 0.722. The van der Waals surface area contributed by atoms with Gasteiger partial charge in [0, 0.05) is 24.1 Å². The molecule has 1 aliphatic rings. The summed E-state index contributed by atoms with van der Waals surface area (Å²) in [6, 6.07) is 2.07. The third-order valence-electron chi connectivity index (χ3n) is 2.70. The Labute approximate surface area is 95.8 Å². The van der Waals surface area contributed by atoms with Crippen LogP contribution in [0.25, 0.3) is 0 Å². The lowest BCUT2D eigenvalue weighted by Gasteiger charge is -2.34. The van der Waals surface area contributed by atoms with Crippen LogP contribution in [0.4, 0.5) is 0 Å². The lowest BCUT2D eigenvalue weighted by atomic mass is 9.93. The van der Waals surface area contributed by atoms with E-state index in [2.05, 4.69) is 13.0 Å². The van der Waals surface area contributed by atoms with Crippen molar-refractivity contribution < 1.29 is 4.79 Å². The maximum atomic E-state index is 12.0. The van der Waals surface area contributed by atoms with Gasteiger partial charge < -0.3 is 4.90 Å². The average Bonchev–Trinajstić information content (AvgIpc) is 2.28. The summed E-state index contributed by atoms with van der Waals surface area (Å²) in [4.78, 5) is 13.8. The third kappa shape index (κ3) is 2.88. The number of hydrogen-bond acceptors (Lipinski definition) is 3. The van der Waals surface area contributed by atoms with Crippen molar-refractivity contribution in [2.24, 2.45) is 5.41 Å². The van der Waals surface area contributed by atoms with Crippen LogP contribution < -0.4 is 0 Å². The molecule has 0 aromatic carbocycles. The van der Waals surface area contributed by atoms with E-state index in [0.29, 0.717) is 5.25 Å². The van der Waals surface area contributed by atoms with E-state index in [0.717, 1.165) is 25.3 Å². The molecule has 0 saturated carbocycles. The largest absolute Gasteiger partial charge is 0.339 e. The van der Waals surface area contributed by atoms with Crippen molar-refractivity contribution in [2.45, 2.75) is 32.4 Å². The maximum Gasteiger partial charge on any atom is 0.242 e. The summed E-state index contributed by atoms with van der Waals surface area (Å²) in [6.45, 7) is 7.10. The number of nitriles is 1. The zero-order valence-electron chi connectivity index (χ0n) is 9.62. The fourth-order valence-electron chi connectivity index (χ4n) is 1.59. The van der Waals surface area contributed by atoms with Crippen LogP contribution in [0.2, 0.25) is 0 Å². The molecular weight excluding hydrogens is 208 g/mol. The van der Waals surface area contributed by atoms with Crippen molar-refractivity contribution >= 4 is 17.7 Å². The molecule has 1 aliphatic heterocycles. The van der Waals surface area contributed by atoms with Gasteiger partial charge in [0.2, 0.25) is 5.91 Å². The summed E-state index contributed by atoms with van der Waals surface area (Å²) >= 11 is 1.93. The summed E-state index contributed by atoms with van der Waals surface area (Å²) < 4.78 is 0. The van der Waals surface area contributed by atoms with Crippen molar-refractivity contribution in [1.29, 1.82) is 5.26 Å². The Balaban J connectivity index is 2.65. The van der Waals surface area contributed by atoms with E-state index in [9.17, 15) is 4.79 Å². The van der Waals surface area contributed by atoms with E-state index in [-0.39, 0.29) is 5.91 Å². The third-order valence-corrected chi connectivity index (χ3v) is 4.07. The Morgan fingerprint density at radius 3 is 2.87 bits per heavy atom. The van der Waals surface area contributed by atoms with Crippen molar-refractivity contribution in [1.82, 2.24) is 4.90 Å². The number of amides is 1. The molecule has 4 heteroatoms. The van der Waals surface area contributed by atoms with Crippen molar-refractivity contribution in [3.05, 3.63) is 0 Å². The second-order valence-corrected chi connectivity index (χ2v) is 5.80. The minimum absolute atomic E-state index is 0.0243. The van der Waals surface area contributed by atoms with E-state index in [4.69, 9.17) is 5.26 Å². The molecule has 0 bridgehead atoms. The molecule has 1 fully saturated rings. The minimum atomic E-state index is -0.875. The zero-order valence-corrected chi connectivity index (χ0v) is 10.4. The molecule has 84 valence electrons. The second-order valence-electron chi connectivity index (χ2n) is 4.39. The molecule has 0 spiro atoms. The van der Waals surface area contributed by atoms with Crippen molar-refractivity contribution in [2.75, 3.05) is 18.8 Å². The number of carbonyl (C=O) groups excluding carboxylic acids is 1. The van der Waals surface area contributed by atoms with Crippen LogP contribution in [0.15, 0.2) is 0 Å². The predicted molar refractivity (Wildman–Crippen MR) is 62.5 cm³/mol. The number of hydrogen-bond donors (Lipinski definition) is 0. The van der Waals surface area contributed by atoms with Gasteiger partial charge >= 0.3 is 0 Å². The predicted octanol–water partition coefficient (Wildman–Crippen LogP) is 1.89. The maximum absolute atomic E-state index is 12.0. The molecule has 0 aliphatic carbocycles. The highest BCUT2D eigenvalue weighted by molar-refractivity contribution is 8.00. The molecule has 1 rings (SSSR count). The van der Waals surface area contributed by atoms with E-state index in [1.165, 1.54) is 0 Å². The van der Waals surface area contributed by atoms with Crippen LogP contribution in [0.1, 0.15) is 27.2 Å². The first kappa shape index (κ1) is 12.4. The van der Waals surface area contributed by atoms with Crippen LogP contribution in [0, 0.1) is 16.7 Å². The van der Waals surface area contributed by atoms with Gasteiger partial charge in [-0.15, -0.1) is 0 Å². The smallest absolute Gasteiger partial charge is 0.242 e. The van der Waals surface area contributed by atoms with Gasteiger partial charge in [0.25, 0.3) is 0 Å². The normalized spacial score (nSPS) is 22.3. The molecule has 15 heavy (non-hydrogen) atoms. The SMILES string of the molecule is CCC1CN(C(=O)C(C)(C)C#N)CCS1. The fourth-order valence-corrected chi connectivity index (χ4v) is 2.77. The van der Waals surface area contributed by atoms with Crippen LogP contribution >= 0.6 is 11.8 Å². The van der Waals surface area contributed by atoms with Crippen LogP contribution in [0.3, 0.4) is 0 Å². The Morgan fingerprint density at radius 2 is 2.33 bits per heavy atom. The lowest BCUT2D eigenvalue weighted by Crippen LogP contribution is -2.47. The second kappa shape index (κ2) is 4.89. The molecular formula is C11H18N2OS. The highest BCUT2D eigenvalue weighted by Crippen LogP contribution is 2.25. The zero-order chi connectivity index (χ0) is 11.5. The van der Waals surface area contributed by atoms with Crippen molar-refractivity contribution in [3.63, 3.8) is 0 Å². The highest BCUT2D eigenvalue weighted by atomic mass is 32.2. The first-order valence-electron chi connectivity index (χ1n) is 5.33. The monoisotopic (exact) mass is 226 g/mol. The lowest BCUT2D eigenvalue weighted by molar-refractivity contribution is -0.137. The number of thioether (sulfide) groups is 1. The van der Waals surface area contributed by atoms with Gasteiger partial charge in [-0.3, -0.25) is 4.79 Å². The van der Waals surface area contributed by atoms with Crippen molar-refractivity contribution in [3.8, 4) is 6.07 Å². The molecule has 1 atom stereocenters. The van der Waals surface area contributed by atoms with Crippen LogP contribution in [-0.2, 0) is 4.79 Å². The summed E-state index contributed by atoms with van der Waals surface area (Å²) in [7, 11) is 0. The molecule has 1 heterocycles. The average molecular weight is 226 g/mol. The van der Waals surface area contributed by atoms with E-state index < -0.39 is 5.41 Å². The van der Waals surface area contributed by atoms with Gasteiger partial charge in [-0.05, 0) is 20.3 Å². The van der Waals surface area contributed by atoms with Crippen LogP contribution in [0.5, 0.6) is 0 Å². The standard InChI is InChI=1S/C11H18N2OS/c1-4-9-7-13(5-6-15-9)10(14)11(2,3)8-12/h9H,4-7H2,1-3H3. The van der Waals surface area contributed by atoms with Crippen LogP contribution in [-0.4, -0.2) is 34.9 Å². The summed E-state index contributed by atoms with van der Waals surface area (Å²) in [5.74, 6) is 0.968. The molecule has 0 aromatic rings. The van der Waals surface area contributed by atoms with E-state index >= 15 is 0 Å². The Bertz CT molecular complexity index is 283. The molecule has 0 N–H and O–H groups in total.